The molecule has 0 aliphatic carbocycles. The fraction of sp³-hybridized carbons (Fsp3) is 1.00. The van der Waals surface area contributed by atoms with Gasteiger partial charge in [-0.3, -0.25) is 0 Å². The van der Waals surface area contributed by atoms with Crippen LogP contribution in [0.15, 0.2) is 0 Å². The van der Waals surface area contributed by atoms with Gasteiger partial charge < -0.3 is 17.0 Å². The van der Waals surface area contributed by atoms with E-state index in [2.05, 4.69) is 0 Å². The normalized spacial score (nSPS) is 8.78. The van der Waals surface area contributed by atoms with E-state index in [4.69, 9.17) is 11.6 Å². The number of alkyl halides is 1. The molecule has 0 saturated carbocycles. The molecule has 0 atom stereocenters. The summed E-state index contributed by atoms with van der Waals surface area (Å²) in [6, 6.07) is 0. The zero-order valence-corrected chi connectivity index (χ0v) is 11.0. The SMILES string of the molecule is ClCCCCC[CH2][Zn+].[Br-]. The maximum Gasteiger partial charge on any atom is -1.00 e. The second-order valence-corrected chi connectivity index (χ2v) is 3.82. The molecule has 0 rings (SSSR count). The zero-order valence-electron chi connectivity index (χ0n) is 5.71. The molecular weight excluding hydrogens is 253 g/mol. The minimum Gasteiger partial charge on any atom is -1.00 e. The van der Waals surface area contributed by atoms with Gasteiger partial charge in [-0.2, -0.15) is 0 Å². The Morgan fingerprint density at radius 3 is 2.00 bits per heavy atom. The Balaban J connectivity index is 0. The van der Waals surface area contributed by atoms with E-state index in [0.717, 1.165) is 5.88 Å². The van der Waals surface area contributed by atoms with Crippen LogP contribution in [0.2, 0.25) is 5.02 Å². The number of halogens is 2. The average molecular weight is 265 g/mol. The molecular formula is C6H12BrClZn. The minimum atomic E-state index is 0. The van der Waals surface area contributed by atoms with Gasteiger partial charge in [-0.05, 0) is 0 Å². The van der Waals surface area contributed by atoms with Gasteiger partial charge >= 0.3 is 66.5 Å². The zero-order chi connectivity index (χ0) is 6.24. The van der Waals surface area contributed by atoms with Crippen molar-refractivity contribution in [3.8, 4) is 0 Å². The molecule has 0 aliphatic heterocycles. The van der Waals surface area contributed by atoms with Crippen LogP contribution in [0.1, 0.15) is 25.7 Å². The van der Waals surface area contributed by atoms with Gasteiger partial charge in [0.1, 0.15) is 0 Å². The molecule has 0 amide bonds. The Labute approximate surface area is 83.2 Å². The first-order valence-electron chi connectivity index (χ1n) is 3.27. The predicted octanol–water partition coefficient (Wildman–Crippen LogP) is -0.245. The summed E-state index contributed by atoms with van der Waals surface area (Å²) >= 11 is 6.95. The molecule has 0 saturated heterocycles. The standard InChI is InChI=1S/C6H12Cl.BrH.Zn/c1-2-3-4-5-6-7;;/h1-6H2;1H;/q;;+1/p-1. The maximum atomic E-state index is 5.49. The van der Waals surface area contributed by atoms with E-state index in [1.54, 1.807) is 0 Å². The minimum absolute atomic E-state index is 0. The first-order chi connectivity index (χ1) is 3.91. The monoisotopic (exact) mass is 262 g/mol. The van der Waals surface area contributed by atoms with Crippen molar-refractivity contribution in [3.05, 3.63) is 0 Å². The molecule has 0 N–H and O–H groups in total. The van der Waals surface area contributed by atoms with Crippen molar-refractivity contribution in [1.29, 1.82) is 0 Å². The van der Waals surface area contributed by atoms with Gasteiger partial charge in [-0.25, -0.2) is 0 Å². The number of hydrogen-bond donors (Lipinski definition) is 0. The van der Waals surface area contributed by atoms with Crippen LogP contribution in [0.5, 0.6) is 0 Å². The fourth-order valence-electron chi connectivity index (χ4n) is 0.625. The molecule has 52 valence electrons. The van der Waals surface area contributed by atoms with Gasteiger partial charge in [-0.15, -0.1) is 0 Å². The van der Waals surface area contributed by atoms with Gasteiger partial charge in [0, 0.05) is 0 Å². The topological polar surface area (TPSA) is 0 Å². The average Bonchev–Trinajstić information content (AvgIpc) is 1.81. The first-order valence-corrected chi connectivity index (χ1v) is 5.90. The van der Waals surface area contributed by atoms with E-state index < -0.39 is 0 Å². The first kappa shape index (κ1) is 13.0. The molecule has 0 heterocycles. The van der Waals surface area contributed by atoms with Crippen LogP contribution in [0.25, 0.3) is 0 Å². The van der Waals surface area contributed by atoms with Gasteiger partial charge in [0.25, 0.3) is 0 Å². The van der Waals surface area contributed by atoms with Crippen LogP contribution >= 0.6 is 11.6 Å². The second kappa shape index (κ2) is 12.1. The van der Waals surface area contributed by atoms with Crippen LogP contribution in [0.4, 0.5) is 0 Å². The molecule has 9 heavy (non-hydrogen) atoms. The van der Waals surface area contributed by atoms with Crippen molar-refractivity contribution in [2.24, 2.45) is 0 Å². The summed E-state index contributed by atoms with van der Waals surface area (Å²) in [5.74, 6) is 0.847. The van der Waals surface area contributed by atoms with Crippen molar-refractivity contribution >= 4 is 11.6 Å². The Hall–Kier alpha value is 1.39. The molecule has 0 aromatic carbocycles. The molecule has 0 aliphatic rings. The van der Waals surface area contributed by atoms with E-state index in [-0.39, 0.29) is 17.0 Å². The molecule has 0 bridgehead atoms. The van der Waals surface area contributed by atoms with Crippen LogP contribution in [-0.2, 0) is 18.3 Å². The molecule has 0 unspecified atom stereocenters. The third-order valence-corrected chi connectivity index (χ3v) is 2.45. The molecule has 0 radical (unpaired) electrons. The molecule has 0 aromatic rings. The largest absolute Gasteiger partial charge is 1.00 e. The Bertz CT molecular complexity index is 38.0. The van der Waals surface area contributed by atoms with E-state index in [1.165, 1.54) is 49.0 Å². The smallest absolute Gasteiger partial charge is 1.00 e. The predicted molar refractivity (Wildman–Crippen MR) is 34.0 cm³/mol. The quantitative estimate of drug-likeness (QED) is 0.365. The van der Waals surface area contributed by atoms with Gasteiger partial charge in [0.15, 0.2) is 0 Å². The van der Waals surface area contributed by atoms with Crippen molar-refractivity contribution in [2.75, 3.05) is 5.88 Å². The summed E-state index contributed by atoms with van der Waals surface area (Å²) < 4.78 is 0. The van der Waals surface area contributed by atoms with E-state index in [9.17, 15) is 0 Å². The van der Waals surface area contributed by atoms with Crippen LogP contribution in [0, 0.1) is 0 Å². The number of rotatable bonds is 5. The molecule has 0 nitrogen and oxygen atoms in total. The third-order valence-electron chi connectivity index (χ3n) is 1.13. The van der Waals surface area contributed by atoms with Crippen molar-refractivity contribution in [2.45, 2.75) is 30.7 Å². The van der Waals surface area contributed by atoms with Gasteiger partial charge in [-0.1, -0.05) is 0 Å². The van der Waals surface area contributed by atoms with Crippen molar-refractivity contribution in [3.63, 3.8) is 0 Å². The second-order valence-electron chi connectivity index (χ2n) is 1.96. The summed E-state index contributed by atoms with van der Waals surface area (Å²) in [6.45, 7) is 0. The number of unbranched alkanes of at least 4 members (excludes halogenated alkanes) is 3. The van der Waals surface area contributed by atoms with Gasteiger partial charge in [0.2, 0.25) is 0 Å². The molecule has 3 heteroatoms. The van der Waals surface area contributed by atoms with Crippen LogP contribution < -0.4 is 17.0 Å². The maximum absolute atomic E-state index is 5.49. The van der Waals surface area contributed by atoms with Gasteiger partial charge in [0.05, 0.1) is 0 Å². The number of hydrogen-bond acceptors (Lipinski definition) is 0. The summed E-state index contributed by atoms with van der Waals surface area (Å²) in [7, 11) is 0. The van der Waals surface area contributed by atoms with Crippen molar-refractivity contribution in [1.82, 2.24) is 0 Å². The van der Waals surface area contributed by atoms with Crippen LogP contribution in [0.3, 0.4) is 0 Å². The molecule has 0 spiro atoms. The van der Waals surface area contributed by atoms with E-state index in [0.29, 0.717) is 0 Å². The van der Waals surface area contributed by atoms with Crippen LogP contribution in [-0.4, -0.2) is 5.88 Å². The molecule has 0 fully saturated rings. The Morgan fingerprint density at radius 1 is 1.00 bits per heavy atom. The third kappa shape index (κ3) is 12.6. The summed E-state index contributed by atoms with van der Waals surface area (Å²) in [4.78, 5) is 0. The summed E-state index contributed by atoms with van der Waals surface area (Å²) in [6.07, 6.45) is 5.37. The fourth-order valence-corrected chi connectivity index (χ4v) is 1.56. The summed E-state index contributed by atoms with van der Waals surface area (Å²) in [5.41, 5.74) is 0. The van der Waals surface area contributed by atoms with E-state index in [1.807, 2.05) is 0 Å². The Kier molecular flexibility index (Phi) is 17.5. The summed E-state index contributed by atoms with van der Waals surface area (Å²) in [5, 5.41) is 1.45. The van der Waals surface area contributed by atoms with E-state index >= 15 is 0 Å². The van der Waals surface area contributed by atoms with Crippen molar-refractivity contribution < 1.29 is 35.3 Å². The molecule has 0 aromatic heterocycles. The Morgan fingerprint density at radius 2 is 1.56 bits per heavy atom.